The molecule has 2 rings (SSSR count). The molecule has 0 aromatic carbocycles. The molecule has 1 heterocycles. The molecule has 0 amide bonds. The molecule has 0 bridgehead atoms. The lowest BCUT2D eigenvalue weighted by atomic mass is 9.68. The van der Waals surface area contributed by atoms with Gasteiger partial charge in [-0.2, -0.15) is 0 Å². The summed E-state index contributed by atoms with van der Waals surface area (Å²) in [7, 11) is 2.09. The quantitative estimate of drug-likeness (QED) is 0.841. The third-order valence-electron chi connectivity index (χ3n) is 5.45. The first kappa shape index (κ1) is 15.3. The Morgan fingerprint density at radius 2 is 1.63 bits per heavy atom. The number of rotatable bonds is 3. The van der Waals surface area contributed by atoms with Crippen molar-refractivity contribution in [2.75, 3.05) is 26.7 Å². The molecule has 1 aliphatic heterocycles. The minimum absolute atomic E-state index is 0.479. The standard InChI is InChI=1S/C17H34N2/c1-17(2,3)15-7-5-6-8-16(15)19-11-9-14(10-12-19)13-18-4/h14-16,18H,5-13H2,1-4H3. The number of hydrogen-bond donors (Lipinski definition) is 1. The zero-order valence-corrected chi connectivity index (χ0v) is 13.5. The van der Waals surface area contributed by atoms with Gasteiger partial charge < -0.3 is 10.2 Å². The Kier molecular flexibility index (Phi) is 5.30. The van der Waals surface area contributed by atoms with Crippen LogP contribution in [0.4, 0.5) is 0 Å². The van der Waals surface area contributed by atoms with E-state index in [9.17, 15) is 0 Å². The maximum absolute atomic E-state index is 3.35. The first-order chi connectivity index (χ1) is 9.02. The van der Waals surface area contributed by atoms with Crippen molar-refractivity contribution in [1.29, 1.82) is 0 Å². The maximum atomic E-state index is 3.35. The van der Waals surface area contributed by atoms with E-state index in [1.54, 1.807) is 0 Å². The van der Waals surface area contributed by atoms with Crippen molar-refractivity contribution < 1.29 is 0 Å². The van der Waals surface area contributed by atoms with Gasteiger partial charge in [0.05, 0.1) is 0 Å². The predicted molar refractivity (Wildman–Crippen MR) is 83.4 cm³/mol. The highest BCUT2D eigenvalue weighted by Gasteiger charge is 2.38. The Hall–Kier alpha value is -0.0800. The molecular weight excluding hydrogens is 232 g/mol. The molecule has 0 aromatic heterocycles. The van der Waals surface area contributed by atoms with Gasteiger partial charge in [0, 0.05) is 6.04 Å². The zero-order valence-electron chi connectivity index (χ0n) is 13.5. The number of nitrogens with one attached hydrogen (secondary N) is 1. The summed E-state index contributed by atoms with van der Waals surface area (Å²) in [6.07, 6.45) is 8.59. The molecule has 2 aliphatic rings. The van der Waals surface area contributed by atoms with Crippen LogP contribution < -0.4 is 5.32 Å². The Balaban J connectivity index is 1.93. The van der Waals surface area contributed by atoms with Crippen LogP contribution in [-0.2, 0) is 0 Å². The average molecular weight is 266 g/mol. The molecule has 112 valence electrons. The molecule has 2 nitrogen and oxygen atoms in total. The van der Waals surface area contributed by atoms with Crippen LogP contribution in [0.25, 0.3) is 0 Å². The number of hydrogen-bond acceptors (Lipinski definition) is 2. The topological polar surface area (TPSA) is 15.3 Å². The SMILES string of the molecule is CNCC1CCN(C2CCCCC2C(C)(C)C)CC1. The number of piperidine rings is 1. The van der Waals surface area contributed by atoms with Gasteiger partial charge in [0.2, 0.25) is 0 Å². The largest absolute Gasteiger partial charge is 0.319 e. The Morgan fingerprint density at radius 1 is 1.00 bits per heavy atom. The van der Waals surface area contributed by atoms with Crippen LogP contribution in [0.5, 0.6) is 0 Å². The van der Waals surface area contributed by atoms with Gasteiger partial charge in [0.15, 0.2) is 0 Å². The second-order valence-corrected chi connectivity index (χ2v) is 7.86. The molecule has 0 aromatic rings. The van der Waals surface area contributed by atoms with Crippen LogP contribution in [0, 0.1) is 17.3 Å². The highest BCUT2D eigenvalue weighted by molar-refractivity contribution is 4.91. The molecular formula is C17H34N2. The Bertz CT molecular complexity index is 261. The third kappa shape index (κ3) is 3.95. The van der Waals surface area contributed by atoms with Gasteiger partial charge in [-0.25, -0.2) is 0 Å². The van der Waals surface area contributed by atoms with E-state index in [4.69, 9.17) is 0 Å². The predicted octanol–water partition coefficient (Wildman–Crippen LogP) is 3.52. The molecule has 1 aliphatic carbocycles. The molecule has 2 unspecified atom stereocenters. The van der Waals surface area contributed by atoms with E-state index in [1.165, 1.54) is 58.2 Å². The lowest BCUT2D eigenvalue weighted by Crippen LogP contribution is -2.50. The van der Waals surface area contributed by atoms with Crippen LogP contribution in [0.2, 0.25) is 0 Å². The van der Waals surface area contributed by atoms with E-state index in [2.05, 4.69) is 38.0 Å². The lowest BCUT2D eigenvalue weighted by Gasteiger charge is -2.48. The van der Waals surface area contributed by atoms with Crippen molar-refractivity contribution in [3.8, 4) is 0 Å². The summed E-state index contributed by atoms with van der Waals surface area (Å²) in [6.45, 7) is 11.2. The van der Waals surface area contributed by atoms with E-state index < -0.39 is 0 Å². The van der Waals surface area contributed by atoms with E-state index >= 15 is 0 Å². The summed E-state index contributed by atoms with van der Waals surface area (Å²) in [5.41, 5.74) is 0.479. The minimum atomic E-state index is 0.479. The Labute approximate surface area is 120 Å². The van der Waals surface area contributed by atoms with Gasteiger partial charge in [0.25, 0.3) is 0 Å². The molecule has 2 fully saturated rings. The number of likely N-dealkylation sites (tertiary alicyclic amines) is 1. The normalized spacial score (nSPS) is 31.6. The molecule has 2 atom stereocenters. The monoisotopic (exact) mass is 266 g/mol. The van der Waals surface area contributed by atoms with Crippen LogP contribution in [0.1, 0.15) is 59.3 Å². The van der Waals surface area contributed by atoms with Gasteiger partial charge >= 0.3 is 0 Å². The second kappa shape index (κ2) is 6.58. The van der Waals surface area contributed by atoms with Crippen molar-refractivity contribution in [3.63, 3.8) is 0 Å². The molecule has 1 saturated carbocycles. The molecule has 0 radical (unpaired) electrons. The lowest BCUT2D eigenvalue weighted by molar-refractivity contribution is 0.0215. The zero-order chi connectivity index (χ0) is 13.9. The summed E-state index contributed by atoms with van der Waals surface area (Å²) in [4.78, 5) is 2.83. The van der Waals surface area contributed by atoms with Crippen LogP contribution in [0.15, 0.2) is 0 Å². The molecule has 1 saturated heterocycles. The molecule has 2 heteroatoms. The fourth-order valence-corrected chi connectivity index (χ4v) is 4.34. The van der Waals surface area contributed by atoms with Gasteiger partial charge in [-0.05, 0) is 69.6 Å². The van der Waals surface area contributed by atoms with Crippen LogP contribution >= 0.6 is 0 Å². The molecule has 0 spiro atoms. The van der Waals surface area contributed by atoms with Crippen LogP contribution in [-0.4, -0.2) is 37.6 Å². The van der Waals surface area contributed by atoms with E-state index in [0.29, 0.717) is 5.41 Å². The smallest absolute Gasteiger partial charge is 0.0128 e. The van der Waals surface area contributed by atoms with Gasteiger partial charge in [-0.3, -0.25) is 0 Å². The van der Waals surface area contributed by atoms with E-state index in [1.807, 2.05) is 0 Å². The summed E-state index contributed by atoms with van der Waals surface area (Å²) in [6, 6.07) is 0.865. The van der Waals surface area contributed by atoms with Crippen molar-refractivity contribution in [3.05, 3.63) is 0 Å². The van der Waals surface area contributed by atoms with E-state index in [-0.39, 0.29) is 0 Å². The van der Waals surface area contributed by atoms with E-state index in [0.717, 1.165) is 17.9 Å². The highest BCUT2D eigenvalue weighted by Crippen LogP contribution is 2.41. The van der Waals surface area contributed by atoms with Crippen LogP contribution in [0.3, 0.4) is 0 Å². The van der Waals surface area contributed by atoms with Gasteiger partial charge in [-0.1, -0.05) is 33.6 Å². The molecule has 1 N–H and O–H groups in total. The van der Waals surface area contributed by atoms with Crippen molar-refractivity contribution >= 4 is 0 Å². The average Bonchev–Trinajstić information content (AvgIpc) is 2.39. The second-order valence-electron chi connectivity index (χ2n) is 7.86. The first-order valence-electron chi connectivity index (χ1n) is 8.41. The highest BCUT2D eigenvalue weighted by atomic mass is 15.2. The van der Waals surface area contributed by atoms with Crippen molar-refractivity contribution in [1.82, 2.24) is 10.2 Å². The summed E-state index contributed by atoms with van der Waals surface area (Å²) >= 11 is 0. The fraction of sp³-hybridized carbons (Fsp3) is 1.00. The van der Waals surface area contributed by atoms with Crippen molar-refractivity contribution in [2.24, 2.45) is 17.3 Å². The van der Waals surface area contributed by atoms with Gasteiger partial charge in [0.1, 0.15) is 0 Å². The summed E-state index contributed by atoms with van der Waals surface area (Å²) in [5, 5.41) is 3.35. The maximum Gasteiger partial charge on any atom is 0.0128 e. The van der Waals surface area contributed by atoms with Gasteiger partial charge in [-0.15, -0.1) is 0 Å². The Morgan fingerprint density at radius 3 is 2.21 bits per heavy atom. The summed E-state index contributed by atoms with van der Waals surface area (Å²) in [5.74, 6) is 1.82. The summed E-state index contributed by atoms with van der Waals surface area (Å²) < 4.78 is 0. The molecule has 19 heavy (non-hydrogen) atoms. The minimum Gasteiger partial charge on any atom is -0.319 e. The number of nitrogens with zero attached hydrogens (tertiary/aromatic N) is 1. The first-order valence-corrected chi connectivity index (χ1v) is 8.41. The van der Waals surface area contributed by atoms with Crippen molar-refractivity contribution in [2.45, 2.75) is 65.3 Å². The fourth-order valence-electron chi connectivity index (χ4n) is 4.34. The third-order valence-corrected chi connectivity index (χ3v) is 5.45.